The molecule has 0 unspecified atom stereocenters. The highest BCUT2D eigenvalue weighted by atomic mass is 35.5. The summed E-state index contributed by atoms with van der Waals surface area (Å²) in [6.07, 6.45) is 0. The molecule has 29 heavy (non-hydrogen) atoms. The van der Waals surface area contributed by atoms with Crippen molar-refractivity contribution < 1.29 is 28.6 Å². The van der Waals surface area contributed by atoms with Crippen molar-refractivity contribution in [1.82, 2.24) is 5.32 Å². The highest BCUT2D eigenvalue weighted by Gasteiger charge is 2.18. The van der Waals surface area contributed by atoms with Crippen molar-refractivity contribution in [3.63, 3.8) is 0 Å². The lowest BCUT2D eigenvalue weighted by atomic mass is 10.1. The van der Waals surface area contributed by atoms with Gasteiger partial charge in [-0.05, 0) is 24.6 Å². The molecule has 2 rings (SSSR count). The van der Waals surface area contributed by atoms with Gasteiger partial charge in [0.05, 0.1) is 24.3 Å². The first kappa shape index (κ1) is 22.2. The summed E-state index contributed by atoms with van der Waals surface area (Å²) >= 11 is 6.15. The predicted molar refractivity (Wildman–Crippen MR) is 108 cm³/mol. The number of carbonyl (C=O) groups is 3. The van der Waals surface area contributed by atoms with Crippen LogP contribution in [0.1, 0.15) is 40.1 Å². The van der Waals surface area contributed by atoms with Gasteiger partial charge in [-0.25, -0.2) is 4.79 Å². The summed E-state index contributed by atoms with van der Waals surface area (Å²) in [5.41, 5.74) is 1.39. The summed E-state index contributed by atoms with van der Waals surface area (Å²) in [7, 11) is 1.43. The quantitative estimate of drug-likeness (QED) is 0.494. The van der Waals surface area contributed by atoms with E-state index in [0.29, 0.717) is 30.2 Å². The van der Waals surface area contributed by atoms with Gasteiger partial charge in [-0.15, -0.1) is 0 Å². The van der Waals surface area contributed by atoms with Crippen LogP contribution in [0, 0.1) is 0 Å². The zero-order valence-electron chi connectivity index (χ0n) is 16.4. The van der Waals surface area contributed by atoms with E-state index in [1.807, 2.05) is 0 Å². The van der Waals surface area contributed by atoms with E-state index in [9.17, 15) is 14.4 Å². The number of amides is 1. The molecule has 2 aromatic rings. The average Bonchev–Trinajstić information content (AvgIpc) is 2.71. The van der Waals surface area contributed by atoms with Crippen LogP contribution in [0.5, 0.6) is 11.5 Å². The maximum absolute atomic E-state index is 12.3. The van der Waals surface area contributed by atoms with Crippen LogP contribution in [0.3, 0.4) is 0 Å². The standard InChI is InChI=1S/C21H22ClNO6/c1-4-28-20-17(22)9-16(10-19(20)27-3)21(26)29-12-18(25)15-7-5-14(6-8-15)11-23-13(2)24/h5-10H,4,11-12H2,1-3H3,(H,23,24). The number of nitrogens with one attached hydrogen (secondary N) is 1. The molecule has 2 aromatic carbocycles. The average molecular weight is 420 g/mol. The number of esters is 1. The van der Waals surface area contributed by atoms with Crippen molar-refractivity contribution in [2.24, 2.45) is 0 Å². The molecule has 0 saturated carbocycles. The molecule has 154 valence electrons. The van der Waals surface area contributed by atoms with E-state index in [1.165, 1.54) is 26.2 Å². The highest BCUT2D eigenvalue weighted by Crippen LogP contribution is 2.36. The molecule has 0 radical (unpaired) electrons. The Morgan fingerprint density at radius 1 is 1.07 bits per heavy atom. The van der Waals surface area contributed by atoms with E-state index in [-0.39, 0.29) is 22.3 Å². The van der Waals surface area contributed by atoms with E-state index in [1.54, 1.807) is 31.2 Å². The van der Waals surface area contributed by atoms with Gasteiger partial charge < -0.3 is 19.5 Å². The lowest BCUT2D eigenvalue weighted by Gasteiger charge is -2.13. The number of Topliss-reactive ketones (excluding diaryl/α,β-unsaturated/α-hetero) is 1. The van der Waals surface area contributed by atoms with E-state index in [4.69, 9.17) is 25.8 Å². The molecular weight excluding hydrogens is 398 g/mol. The van der Waals surface area contributed by atoms with Gasteiger partial charge in [0.1, 0.15) is 0 Å². The number of hydrogen-bond acceptors (Lipinski definition) is 6. The van der Waals surface area contributed by atoms with Crippen LogP contribution in [0.4, 0.5) is 0 Å². The third-order valence-corrected chi connectivity index (χ3v) is 4.19. The molecule has 8 heteroatoms. The van der Waals surface area contributed by atoms with Crippen LogP contribution < -0.4 is 14.8 Å². The maximum atomic E-state index is 12.3. The highest BCUT2D eigenvalue weighted by molar-refractivity contribution is 6.32. The van der Waals surface area contributed by atoms with Gasteiger partial charge in [0.2, 0.25) is 5.91 Å². The Kier molecular flexibility index (Phi) is 8.03. The van der Waals surface area contributed by atoms with Crippen LogP contribution in [0.25, 0.3) is 0 Å². The Morgan fingerprint density at radius 2 is 1.76 bits per heavy atom. The third-order valence-electron chi connectivity index (χ3n) is 3.91. The molecular formula is C21H22ClNO6. The predicted octanol–water partition coefficient (Wildman–Crippen LogP) is 3.42. The summed E-state index contributed by atoms with van der Waals surface area (Å²) in [6, 6.07) is 9.53. The van der Waals surface area contributed by atoms with Gasteiger partial charge in [-0.3, -0.25) is 9.59 Å². The van der Waals surface area contributed by atoms with Gasteiger partial charge in [-0.1, -0.05) is 35.9 Å². The third kappa shape index (κ3) is 6.22. The molecule has 0 spiro atoms. The summed E-state index contributed by atoms with van der Waals surface area (Å²) in [6.45, 7) is 3.57. The molecule has 0 saturated heterocycles. The number of halogens is 1. The summed E-state index contributed by atoms with van der Waals surface area (Å²) in [4.78, 5) is 35.5. The zero-order valence-corrected chi connectivity index (χ0v) is 17.2. The maximum Gasteiger partial charge on any atom is 0.338 e. The SMILES string of the molecule is CCOc1c(Cl)cc(C(=O)OCC(=O)c2ccc(CNC(C)=O)cc2)cc1OC. The van der Waals surface area contributed by atoms with Crippen LogP contribution in [0.15, 0.2) is 36.4 Å². The first-order valence-corrected chi connectivity index (χ1v) is 9.27. The molecule has 0 bridgehead atoms. The van der Waals surface area contributed by atoms with Crippen molar-refractivity contribution in [2.45, 2.75) is 20.4 Å². The summed E-state index contributed by atoms with van der Waals surface area (Å²) < 4.78 is 15.7. The second kappa shape index (κ2) is 10.5. The van der Waals surface area contributed by atoms with Gasteiger partial charge >= 0.3 is 5.97 Å². The Labute approximate surface area is 173 Å². The Balaban J connectivity index is 2.00. The molecule has 1 N–H and O–H groups in total. The molecule has 0 aromatic heterocycles. The van der Waals surface area contributed by atoms with Crippen LogP contribution in [-0.4, -0.2) is 38.0 Å². The van der Waals surface area contributed by atoms with Crippen LogP contribution >= 0.6 is 11.6 Å². The second-order valence-corrected chi connectivity index (χ2v) is 6.44. The van der Waals surface area contributed by atoms with E-state index in [2.05, 4.69) is 5.32 Å². The molecule has 0 aliphatic carbocycles. The number of hydrogen-bond donors (Lipinski definition) is 1. The van der Waals surface area contributed by atoms with Crippen molar-refractivity contribution in [1.29, 1.82) is 0 Å². The minimum atomic E-state index is -0.705. The van der Waals surface area contributed by atoms with E-state index >= 15 is 0 Å². The van der Waals surface area contributed by atoms with Crippen LogP contribution in [-0.2, 0) is 16.1 Å². The molecule has 0 aliphatic rings. The second-order valence-electron chi connectivity index (χ2n) is 6.03. The van der Waals surface area contributed by atoms with Gasteiger partial charge in [0, 0.05) is 19.0 Å². The summed E-state index contributed by atoms with van der Waals surface area (Å²) in [5, 5.41) is 2.88. The molecule has 0 heterocycles. The number of rotatable bonds is 9. The molecule has 0 fully saturated rings. The Morgan fingerprint density at radius 3 is 2.34 bits per heavy atom. The number of carbonyl (C=O) groups excluding carboxylic acids is 3. The number of ether oxygens (including phenoxy) is 3. The fourth-order valence-electron chi connectivity index (χ4n) is 2.45. The minimum absolute atomic E-state index is 0.136. The largest absolute Gasteiger partial charge is 0.493 e. The van der Waals surface area contributed by atoms with Crippen molar-refractivity contribution in [2.75, 3.05) is 20.3 Å². The smallest absolute Gasteiger partial charge is 0.338 e. The number of ketones is 1. The first-order valence-electron chi connectivity index (χ1n) is 8.89. The normalized spacial score (nSPS) is 10.2. The lowest BCUT2D eigenvalue weighted by molar-refractivity contribution is -0.119. The van der Waals surface area contributed by atoms with Crippen LogP contribution in [0.2, 0.25) is 5.02 Å². The zero-order chi connectivity index (χ0) is 21.4. The van der Waals surface area contributed by atoms with Gasteiger partial charge in [0.25, 0.3) is 0 Å². The Bertz CT molecular complexity index is 895. The molecule has 0 aliphatic heterocycles. The first-order chi connectivity index (χ1) is 13.8. The molecule has 7 nitrogen and oxygen atoms in total. The fraction of sp³-hybridized carbons (Fsp3) is 0.286. The number of methoxy groups -OCH3 is 1. The summed E-state index contributed by atoms with van der Waals surface area (Å²) in [5.74, 6) is -0.559. The topological polar surface area (TPSA) is 90.9 Å². The van der Waals surface area contributed by atoms with Crippen molar-refractivity contribution in [3.05, 3.63) is 58.1 Å². The number of benzene rings is 2. The van der Waals surface area contributed by atoms with Crippen molar-refractivity contribution in [3.8, 4) is 11.5 Å². The van der Waals surface area contributed by atoms with Crippen molar-refractivity contribution >= 4 is 29.3 Å². The monoisotopic (exact) mass is 419 g/mol. The van der Waals surface area contributed by atoms with E-state index in [0.717, 1.165) is 5.56 Å². The Hall–Kier alpha value is -3.06. The molecule has 0 atom stereocenters. The van der Waals surface area contributed by atoms with Gasteiger partial charge in [0.15, 0.2) is 23.9 Å². The van der Waals surface area contributed by atoms with Gasteiger partial charge in [-0.2, -0.15) is 0 Å². The lowest BCUT2D eigenvalue weighted by Crippen LogP contribution is -2.19. The fourth-order valence-corrected chi connectivity index (χ4v) is 2.72. The van der Waals surface area contributed by atoms with E-state index < -0.39 is 12.6 Å². The minimum Gasteiger partial charge on any atom is -0.493 e. The molecule has 1 amide bonds.